The Morgan fingerprint density at radius 2 is 2.07 bits per heavy atom. The van der Waals surface area contributed by atoms with Crippen LogP contribution in [0.25, 0.3) is 0 Å². The van der Waals surface area contributed by atoms with Crippen LogP contribution in [0, 0.1) is 0 Å². The molecule has 156 valence electrons. The predicted molar refractivity (Wildman–Crippen MR) is 112 cm³/mol. The third-order valence-electron chi connectivity index (χ3n) is 5.89. The van der Waals surface area contributed by atoms with Crippen LogP contribution in [-0.4, -0.2) is 55.2 Å². The summed E-state index contributed by atoms with van der Waals surface area (Å²) in [5.74, 6) is 1.36. The van der Waals surface area contributed by atoms with Crippen molar-refractivity contribution in [1.82, 2.24) is 15.2 Å². The smallest absolute Gasteiger partial charge is 0.253 e. The lowest BCUT2D eigenvalue weighted by Crippen LogP contribution is -2.38. The summed E-state index contributed by atoms with van der Waals surface area (Å²) in [6.45, 7) is 3.75. The van der Waals surface area contributed by atoms with Gasteiger partial charge in [0.15, 0.2) is 0 Å². The molecule has 0 spiro atoms. The van der Waals surface area contributed by atoms with Gasteiger partial charge in [0.2, 0.25) is 0 Å². The average molecular weight is 398 g/mol. The van der Waals surface area contributed by atoms with E-state index in [1.165, 1.54) is 12.8 Å². The second-order valence-corrected chi connectivity index (χ2v) is 8.08. The van der Waals surface area contributed by atoms with Crippen molar-refractivity contribution in [2.24, 2.45) is 0 Å². The first-order chi connectivity index (χ1) is 14.2. The third kappa shape index (κ3) is 5.40. The molecule has 2 aromatic rings. The molecule has 1 aliphatic carbocycles. The summed E-state index contributed by atoms with van der Waals surface area (Å²) in [5, 5.41) is 3.03. The van der Waals surface area contributed by atoms with Crippen LogP contribution < -0.4 is 10.1 Å². The summed E-state index contributed by atoms with van der Waals surface area (Å²) < 4.78 is 11.4. The number of likely N-dealkylation sites (N-methyl/N-ethyl adjacent to an activating group) is 1. The number of carbonyl (C=O) groups excluding carboxylic acids is 1. The minimum Gasteiger partial charge on any atom is -0.492 e. The summed E-state index contributed by atoms with van der Waals surface area (Å²) in [4.78, 5) is 18.1. The number of aromatic amines is 1. The molecular formula is C23H31N3O3. The molecule has 6 heteroatoms. The number of hydrogen-bond donors (Lipinski definition) is 2. The molecule has 1 amide bonds. The largest absolute Gasteiger partial charge is 0.492 e. The minimum absolute atomic E-state index is 0.0162. The topological polar surface area (TPSA) is 66.6 Å². The molecule has 1 saturated heterocycles. The standard InChI is InChI=1S/C23H31N3O3/c1-26(19-8-12-28-13-9-19)11-14-29-20-4-2-3-17(15-20)16-25-23(27)21-7-10-24-22(21)18-5-6-18/h2-4,7,10,15,18-19,24H,5-6,8-9,11-14,16H2,1H3,(H,25,27). The van der Waals surface area contributed by atoms with Gasteiger partial charge in [0, 0.05) is 44.2 Å². The first kappa shape index (κ1) is 20.0. The molecule has 0 bridgehead atoms. The molecule has 2 N–H and O–H groups in total. The minimum atomic E-state index is -0.0162. The number of H-pyrrole nitrogens is 1. The van der Waals surface area contributed by atoms with Crippen molar-refractivity contribution in [2.75, 3.05) is 33.4 Å². The molecule has 2 heterocycles. The maximum Gasteiger partial charge on any atom is 0.253 e. The number of nitrogens with zero attached hydrogens (tertiary/aromatic N) is 1. The van der Waals surface area contributed by atoms with Gasteiger partial charge in [-0.3, -0.25) is 9.69 Å². The Kier molecular flexibility index (Phi) is 6.52. The monoisotopic (exact) mass is 397 g/mol. The van der Waals surface area contributed by atoms with E-state index in [0.717, 1.165) is 55.2 Å². The molecule has 1 aromatic carbocycles. The van der Waals surface area contributed by atoms with Crippen LogP contribution >= 0.6 is 0 Å². The van der Waals surface area contributed by atoms with Gasteiger partial charge in [-0.05, 0) is 62.4 Å². The van der Waals surface area contributed by atoms with Gasteiger partial charge in [-0.15, -0.1) is 0 Å². The summed E-state index contributed by atoms with van der Waals surface area (Å²) in [6.07, 6.45) is 6.38. The average Bonchev–Trinajstić information content (AvgIpc) is 3.49. The molecule has 29 heavy (non-hydrogen) atoms. The van der Waals surface area contributed by atoms with Gasteiger partial charge in [-0.2, -0.15) is 0 Å². The van der Waals surface area contributed by atoms with Crippen molar-refractivity contribution < 1.29 is 14.3 Å². The Bertz CT molecular complexity index is 809. The van der Waals surface area contributed by atoms with E-state index in [0.29, 0.717) is 25.1 Å². The highest BCUT2D eigenvalue weighted by Crippen LogP contribution is 2.40. The van der Waals surface area contributed by atoms with E-state index in [1.54, 1.807) is 0 Å². The Balaban J connectivity index is 1.24. The van der Waals surface area contributed by atoms with Crippen LogP contribution in [0.5, 0.6) is 5.75 Å². The molecule has 0 radical (unpaired) electrons. The number of nitrogens with one attached hydrogen (secondary N) is 2. The van der Waals surface area contributed by atoms with E-state index in [1.807, 2.05) is 36.5 Å². The fourth-order valence-corrected chi connectivity index (χ4v) is 3.93. The van der Waals surface area contributed by atoms with Gasteiger partial charge < -0.3 is 19.8 Å². The van der Waals surface area contributed by atoms with Crippen molar-refractivity contribution in [3.8, 4) is 5.75 Å². The first-order valence-corrected chi connectivity index (χ1v) is 10.7. The molecule has 0 unspecified atom stereocenters. The molecule has 4 rings (SSSR count). The zero-order valence-corrected chi connectivity index (χ0v) is 17.2. The van der Waals surface area contributed by atoms with Crippen LogP contribution in [0.3, 0.4) is 0 Å². The van der Waals surface area contributed by atoms with E-state index < -0.39 is 0 Å². The molecule has 6 nitrogen and oxygen atoms in total. The van der Waals surface area contributed by atoms with Crippen molar-refractivity contribution >= 4 is 5.91 Å². The molecule has 0 atom stereocenters. The fourth-order valence-electron chi connectivity index (χ4n) is 3.93. The summed E-state index contributed by atoms with van der Waals surface area (Å²) in [5.41, 5.74) is 2.89. The zero-order valence-electron chi connectivity index (χ0n) is 17.2. The predicted octanol–water partition coefficient (Wildman–Crippen LogP) is 3.31. The van der Waals surface area contributed by atoms with Crippen molar-refractivity contribution in [3.05, 3.63) is 53.3 Å². The molecule has 1 aromatic heterocycles. The number of rotatable bonds is 9. The first-order valence-electron chi connectivity index (χ1n) is 10.7. The van der Waals surface area contributed by atoms with Gasteiger partial charge in [0.25, 0.3) is 5.91 Å². The summed E-state index contributed by atoms with van der Waals surface area (Å²) in [7, 11) is 2.15. The number of aromatic nitrogens is 1. The normalized spacial score (nSPS) is 17.4. The summed E-state index contributed by atoms with van der Waals surface area (Å²) >= 11 is 0. The van der Waals surface area contributed by atoms with Crippen LogP contribution in [-0.2, 0) is 11.3 Å². The number of carbonyl (C=O) groups is 1. The molecule has 2 aliphatic rings. The highest BCUT2D eigenvalue weighted by atomic mass is 16.5. The van der Waals surface area contributed by atoms with Gasteiger partial charge in [-0.1, -0.05) is 12.1 Å². The van der Waals surface area contributed by atoms with Crippen molar-refractivity contribution in [1.29, 1.82) is 0 Å². The quantitative estimate of drug-likeness (QED) is 0.681. The van der Waals surface area contributed by atoms with Gasteiger partial charge in [0.1, 0.15) is 12.4 Å². The van der Waals surface area contributed by atoms with Gasteiger partial charge >= 0.3 is 0 Å². The second kappa shape index (κ2) is 9.46. The van der Waals surface area contributed by atoms with Crippen LogP contribution in [0.15, 0.2) is 36.5 Å². The zero-order chi connectivity index (χ0) is 20.1. The van der Waals surface area contributed by atoms with E-state index in [9.17, 15) is 4.79 Å². The SMILES string of the molecule is CN(CCOc1cccc(CNC(=O)c2cc[nH]c2C2CC2)c1)C1CCOCC1. The fraction of sp³-hybridized carbons (Fsp3) is 0.522. The lowest BCUT2D eigenvalue weighted by molar-refractivity contribution is 0.0392. The van der Waals surface area contributed by atoms with Crippen LogP contribution in [0.2, 0.25) is 0 Å². The maximum atomic E-state index is 12.5. The Morgan fingerprint density at radius 3 is 2.86 bits per heavy atom. The van der Waals surface area contributed by atoms with Crippen molar-refractivity contribution in [3.63, 3.8) is 0 Å². The van der Waals surface area contributed by atoms with E-state index in [4.69, 9.17) is 9.47 Å². The van der Waals surface area contributed by atoms with Gasteiger partial charge in [-0.25, -0.2) is 0 Å². The molecule has 2 fully saturated rings. The highest BCUT2D eigenvalue weighted by Gasteiger charge is 2.29. The second-order valence-electron chi connectivity index (χ2n) is 8.08. The molecule has 1 aliphatic heterocycles. The Morgan fingerprint density at radius 1 is 1.24 bits per heavy atom. The molecule has 1 saturated carbocycles. The third-order valence-corrected chi connectivity index (χ3v) is 5.89. The lowest BCUT2D eigenvalue weighted by Gasteiger charge is -2.31. The highest BCUT2D eigenvalue weighted by molar-refractivity contribution is 5.95. The lowest BCUT2D eigenvalue weighted by atomic mass is 10.1. The number of hydrogen-bond acceptors (Lipinski definition) is 4. The van der Waals surface area contributed by atoms with Gasteiger partial charge in [0.05, 0.1) is 5.56 Å². The Labute approximate surface area is 172 Å². The van der Waals surface area contributed by atoms with E-state index in [2.05, 4.69) is 22.2 Å². The van der Waals surface area contributed by atoms with E-state index >= 15 is 0 Å². The number of benzene rings is 1. The van der Waals surface area contributed by atoms with E-state index in [-0.39, 0.29) is 5.91 Å². The number of ether oxygens (including phenoxy) is 2. The number of amides is 1. The van der Waals surface area contributed by atoms with Crippen LogP contribution in [0.4, 0.5) is 0 Å². The molecular weight excluding hydrogens is 366 g/mol. The maximum absolute atomic E-state index is 12.5. The van der Waals surface area contributed by atoms with Crippen molar-refractivity contribution in [2.45, 2.75) is 44.2 Å². The summed E-state index contributed by atoms with van der Waals surface area (Å²) in [6, 6.07) is 10.4. The van der Waals surface area contributed by atoms with Crippen LogP contribution in [0.1, 0.15) is 53.2 Å². The Hall–Kier alpha value is -2.31.